The second kappa shape index (κ2) is 6.87. The van der Waals surface area contributed by atoms with E-state index in [4.69, 9.17) is 5.73 Å². The minimum absolute atomic E-state index is 0.339. The van der Waals surface area contributed by atoms with E-state index in [1.165, 1.54) is 31.2 Å². The SMILES string of the molecule is CC1CCC(N(C)C(CN)c2ccc(Br)cc2)CC1. The average molecular weight is 325 g/mol. The first-order valence-corrected chi connectivity index (χ1v) is 8.08. The first-order chi connectivity index (χ1) is 9.11. The highest BCUT2D eigenvalue weighted by atomic mass is 79.9. The van der Waals surface area contributed by atoms with Crippen LogP contribution in [0.1, 0.15) is 44.2 Å². The molecule has 0 radical (unpaired) electrons. The van der Waals surface area contributed by atoms with Crippen molar-refractivity contribution in [3.05, 3.63) is 34.3 Å². The molecule has 1 atom stereocenters. The molecule has 0 heterocycles. The number of hydrogen-bond acceptors (Lipinski definition) is 2. The van der Waals surface area contributed by atoms with Gasteiger partial charge >= 0.3 is 0 Å². The average Bonchev–Trinajstić information content (AvgIpc) is 2.42. The Morgan fingerprint density at radius 2 is 1.79 bits per heavy atom. The molecular formula is C16H25BrN2. The standard InChI is InChI=1S/C16H25BrN2/c1-12-3-9-15(10-4-12)19(2)16(11-18)13-5-7-14(17)8-6-13/h5-8,12,15-16H,3-4,9-11,18H2,1-2H3. The second-order valence-corrected chi connectivity index (χ2v) is 6.80. The van der Waals surface area contributed by atoms with E-state index >= 15 is 0 Å². The van der Waals surface area contributed by atoms with Gasteiger partial charge in [-0.15, -0.1) is 0 Å². The summed E-state index contributed by atoms with van der Waals surface area (Å²) < 4.78 is 1.13. The summed E-state index contributed by atoms with van der Waals surface area (Å²) in [5.74, 6) is 0.897. The monoisotopic (exact) mass is 324 g/mol. The highest BCUT2D eigenvalue weighted by Gasteiger charge is 2.26. The van der Waals surface area contributed by atoms with Gasteiger partial charge in [0.05, 0.1) is 0 Å². The number of halogens is 1. The highest BCUT2D eigenvalue weighted by molar-refractivity contribution is 9.10. The van der Waals surface area contributed by atoms with Crippen LogP contribution in [-0.2, 0) is 0 Å². The van der Waals surface area contributed by atoms with Crippen molar-refractivity contribution in [1.82, 2.24) is 4.90 Å². The third kappa shape index (κ3) is 3.80. The van der Waals surface area contributed by atoms with Crippen molar-refractivity contribution in [3.63, 3.8) is 0 Å². The summed E-state index contributed by atoms with van der Waals surface area (Å²) in [4.78, 5) is 2.50. The predicted octanol–water partition coefficient (Wildman–Crippen LogP) is 3.96. The summed E-state index contributed by atoms with van der Waals surface area (Å²) in [6.07, 6.45) is 5.33. The number of nitrogens with zero attached hydrogens (tertiary/aromatic N) is 1. The Bertz CT molecular complexity index is 382. The Kier molecular flexibility index (Phi) is 5.43. The molecule has 106 valence electrons. The van der Waals surface area contributed by atoms with Crippen LogP contribution in [0, 0.1) is 5.92 Å². The molecule has 2 nitrogen and oxygen atoms in total. The molecule has 1 fully saturated rings. The van der Waals surface area contributed by atoms with E-state index in [1.54, 1.807) is 0 Å². The zero-order valence-electron chi connectivity index (χ0n) is 12.0. The largest absolute Gasteiger partial charge is 0.329 e. The van der Waals surface area contributed by atoms with Gasteiger partial charge < -0.3 is 5.73 Å². The Morgan fingerprint density at radius 1 is 1.21 bits per heavy atom. The van der Waals surface area contributed by atoms with Crippen LogP contribution < -0.4 is 5.73 Å². The number of hydrogen-bond donors (Lipinski definition) is 1. The van der Waals surface area contributed by atoms with Gasteiger partial charge in [0.25, 0.3) is 0 Å². The van der Waals surface area contributed by atoms with Gasteiger partial charge in [-0.3, -0.25) is 4.90 Å². The topological polar surface area (TPSA) is 29.3 Å². The maximum absolute atomic E-state index is 6.02. The van der Waals surface area contributed by atoms with Gasteiger partial charge in [0, 0.05) is 23.1 Å². The molecule has 1 aromatic carbocycles. The van der Waals surface area contributed by atoms with Crippen LogP contribution in [0.5, 0.6) is 0 Å². The molecule has 2 rings (SSSR count). The third-order valence-corrected chi connectivity index (χ3v) is 5.06. The fourth-order valence-corrected chi connectivity index (χ4v) is 3.39. The van der Waals surface area contributed by atoms with Crippen LogP contribution in [0.4, 0.5) is 0 Å². The summed E-state index contributed by atoms with van der Waals surface area (Å²) in [5, 5.41) is 0. The van der Waals surface area contributed by atoms with Crippen molar-refractivity contribution in [2.24, 2.45) is 11.7 Å². The smallest absolute Gasteiger partial charge is 0.0470 e. The van der Waals surface area contributed by atoms with Gasteiger partial charge in [0.2, 0.25) is 0 Å². The van der Waals surface area contributed by atoms with Crippen LogP contribution in [-0.4, -0.2) is 24.5 Å². The summed E-state index contributed by atoms with van der Waals surface area (Å²) in [6.45, 7) is 3.05. The van der Waals surface area contributed by atoms with Crippen molar-refractivity contribution < 1.29 is 0 Å². The van der Waals surface area contributed by atoms with Crippen molar-refractivity contribution in [2.45, 2.75) is 44.7 Å². The van der Waals surface area contributed by atoms with E-state index in [0.29, 0.717) is 18.6 Å². The molecule has 1 aliphatic rings. The molecule has 3 heteroatoms. The Balaban J connectivity index is 2.06. The van der Waals surface area contributed by atoms with Crippen LogP contribution in [0.25, 0.3) is 0 Å². The summed E-state index contributed by atoms with van der Waals surface area (Å²) in [7, 11) is 2.24. The van der Waals surface area contributed by atoms with Crippen LogP contribution in [0.2, 0.25) is 0 Å². The molecule has 0 spiro atoms. The molecule has 0 amide bonds. The maximum atomic E-state index is 6.02. The maximum Gasteiger partial charge on any atom is 0.0470 e. The lowest BCUT2D eigenvalue weighted by molar-refractivity contribution is 0.126. The zero-order chi connectivity index (χ0) is 13.8. The van der Waals surface area contributed by atoms with E-state index in [-0.39, 0.29) is 0 Å². The van der Waals surface area contributed by atoms with E-state index in [0.717, 1.165) is 10.4 Å². The van der Waals surface area contributed by atoms with Crippen LogP contribution in [0.3, 0.4) is 0 Å². The Morgan fingerprint density at radius 3 is 2.32 bits per heavy atom. The minimum Gasteiger partial charge on any atom is -0.329 e. The van der Waals surface area contributed by atoms with E-state index in [9.17, 15) is 0 Å². The molecule has 1 saturated carbocycles. The summed E-state index contributed by atoms with van der Waals surface area (Å²) in [5.41, 5.74) is 7.35. The first-order valence-electron chi connectivity index (χ1n) is 7.29. The van der Waals surface area contributed by atoms with Crippen molar-refractivity contribution >= 4 is 15.9 Å². The molecule has 1 aromatic rings. The third-order valence-electron chi connectivity index (χ3n) is 4.53. The number of benzene rings is 1. The lowest BCUT2D eigenvalue weighted by Crippen LogP contribution is -2.40. The van der Waals surface area contributed by atoms with E-state index in [1.807, 2.05) is 0 Å². The van der Waals surface area contributed by atoms with Crippen molar-refractivity contribution in [2.75, 3.05) is 13.6 Å². The quantitative estimate of drug-likeness (QED) is 0.908. The predicted molar refractivity (Wildman–Crippen MR) is 85.1 cm³/mol. The highest BCUT2D eigenvalue weighted by Crippen LogP contribution is 2.31. The van der Waals surface area contributed by atoms with Crippen molar-refractivity contribution in [1.29, 1.82) is 0 Å². The molecule has 2 N–H and O–H groups in total. The second-order valence-electron chi connectivity index (χ2n) is 5.88. The van der Waals surface area contributed by atoms with Gasteiger partial charge in [-0.1, -0.05) is 35.0 Å². The number of nitrogens with two attached hydrogens (primary N) is 1. The normalized spacial score (nSPS) is 25.5. The van der Waals surface area contributed by atoms with E-state index in [2.05, 4.69) is 59.1 Å². The molecule has 19 heavy (non-hydrogen) atoms. The minimum atomic E-state index is 0.339. The van der Waals surface area contributed by atoms with Crippen LogP contribution in [0.15, 0.2) is 28.7 Å². The van der Waals surface area contributed by atoms with Gasteiger partial charge in [-0.2, -0.15) is 0 Å². The fraction of sp³-hybridized carbons (Fsp3) is 0.625. The van der Waals surface area contributed by atoms with E-state index < -0.39 is 0 Å². The lowest BCUT2D eigenvalue weighted by Gasteiger charge is -2.38. The van der Waals surface area contributed by atoms with Crippen LogP contribution >= 0.6 is 15.9 Å². The molecule has 0 saturated heterocycles. The number of likely N-dealkylation sites (N-methyl/N-ethyl adjacent to an activating group) is 1. The lowest BCUT2D eigenvalue weighted by atomic mass is 9.86. The Hall–Kier alpha value is -0.380. The molecule has 1 unspecified atom stereocenters. The Labute approximate surface area is 125 Å². The molecular weight excluding hydrogens is 300 g/mol. The zero-order valence-corrected chi connectivity index (χ0v) is 13.6. The fourth-order valence-electron chi connectivity index (χ4n) is 3.13. The van der Waals surface area contributed by atoms with Crippen molar-refractivity contribution in [3.8, 4) is 0 Å². The molecule has 0 aliphatic heterocycles. The summed E-state index contributed by atoms with van der Waals surface area (Å²) >= 11 is 3.49. The molecule has 0 bridgehead atoms. The van der Waals surface area contributed by atoms with Gasteiger partial charge in [-0.25, -0.2) is 0 Å². The van der Waals surface area contributed by atoms with Gasteiger partial charge in [0.15, 0.2) is 0 Å². The number of rotatable bonds is 4. The van der Waals surface area contributed by atoms with Gasteiger partial charge in [0.1, 0.15) is 0 Å². The molecule has 0 aromatic heterocycles. The van der Waals surface area contributed by atoms with Gasteiger partial charge in [-0.05, 0) is 56.3 Å². The molecule has 1 aliphatic carbocycles. The summed E-state index contributed by atoms with van der Waals surface area (Å²) in [6, 6.07) is 9.61. The first kappa shape index (κ1) is 15.0.